The summed E-state index contributed by atoms with van der Waals surface area (Å²) in [5, 5.41) is 7.56. The highest BCUT2D eigenvalue weighted by molar-refractivity contribution is 7.89. The molecule has 7 nitrogen and oxygen atoms in total. The van der Waals surface area contributed by atoms with E-state index in [0.717, 1.165) is 33.5 Å². The number of nitrogens with one attached hydrogen (secondary N) is 1. The molecule has 2 aromatic carbocycles. The lowest BCUT2D eigenvalue weighted by atomic mass is 9.97. The zero-order valence-electron chi connectivity index (χ0n) is 21.1. The van der Waals surface area contributed by atoms with Gasteiger partial charge >= 0.3 is 0 Å². The Hall–Kier alpha value is -2.97. The highest BCUT2D eigenvalue weighted by atomic mass is 32.2. The fourth-order valence-corrected chi connectivity index (χ4v) is 6.85. The van der Waals surface area contributed by atoms with Crippen LogP contribution in [-0.2, 0) is 21.4 Å². The highest BCUT2D eigenvalue weighted by Gasteiger charge is 2.34. The van der Waals surface area contributed by atoms with Gasteiger partial charge in [0.05, 0.1) is 17.1 Å². The Balaban J connectivity index is 1.44. The molecule has 0 aliphatic carbocycles. The molecule has 1 aliphatic rings. The van der Waals surface area contributed by atoms with Crippen molar-refractivity contribution in [2.75, 3.05) is 18.4 Å². The molecule has 0 radical (unpaired) electrons. The molecule has 1 aliphatic heterocycles. The quantitative estimate of drug-likeness (QED) is 0.546. The predicted molar refractivity (Wildman–Crippen MR) is 138 cm³/mol. The highest BCUT2D eigenvalue weighted by Crippen LogP contribution is 2.31. The van der Waals surface area contributed by atoms with E-state index in [4.69, 9.17) is 0 Å². The number of carbonyl (C=O) groups excluding carboxylic acids is 1. The van der Waals surface area contributed by atoms with Crippen molar-refractivity contribution in [3.05, 3.63) is 76.0 Å². The number of nitrogens with zero attached hydrogens (tertiary/aromatic N) is 3. The lowest BCUT2D eigenvalue weighted by Gasteiger charge is -2.31. The van der Waals surface area contributed by atoms with E-state index in [1.54, 1.807) is 4.68 Å². The van der Waals surface area contributed by atoms with Gasteiger partial charge in [-0.2, -0.15) is 9.40 Å². The van der Waals surface area contributed by atoms with Gasteiger partial charge in [-0.05, 0) is 75.3 Å². The van der Waals surface area contributed by atoms with Crippen molar-refractivity contribution < 1.29 is 13.2 Å². The molecule has 1 amide bonds. The normalized spacial score (nSPS) is 15.3. The molecule has 4 rings (SSSR count). The first-order chi connectivity index (χ1) is 16.6. The maximum Gasteiger partial charge on any atom is 0.243 e. The second-order valence-electron chi connectivity index (χ2n) is 9.57. The van der Waals surface area contributed by atoms with Crippen LogP contribution in [0, 0.1) is 40.5 Å². The monoisotopic (exact) mass is 494 g/mol. The molecule has 0 saturated carbocycles. The average molecular weight is 495 g/mol. The molecule has 1 fully saturated rings. The Kier molecular flexibility index (Phi) is 7.15. The largest absolute Gasteiger partial charge is 0.311 e. The number of aromatic nitrogens is 2. The lowest BCUT2D eigenvalue weighted by molar-refractivity contribution is -0.121. The van der Waals surface area contributed by atoms with Gasteiger partial charge in [-0.15, -0.1) is 0 Å². The molecular weight excluding hydrogens is 460 g/mol. The van der Waals surface area contributed by atoms with Gasteiger partial charge in [-0.25, -0.2) is 13.1 Å². The number of sulfonamides is 1. The van der Waals surface area contributed by atoms with Gasteiger partial charge in [0.1, 0.15) is 5.82 Å². The molecule has 186 valence electrons. The van der Waals surface area contributed by atoms with Crippen LogP contribution in [0.2, 0.25) is 0 Å². The first-order valence-electron chi connectivity index (χ1n) is 12.0. The van der Waals surface area contributed by atoms with E-state index in [0.29, 0.717) is 43.2 Å². The van der Waals surface area contributed by atoms with Crippen molar-refractivity contribution in [1.82, 2.24) is 14.1 Å². The summed E-state index contributed by atoms with van der Waals surface area (Å²) < 4.78 is 30.4. The average Bonchev–Trinajstić information content (AvgIpc) is 3.16. The van der Waals surface area contributed by atoms with Crippen LogP contribution in [0.4, 0.5) is 5.82 Å². The molecule has 2 heterocycles. The Bertz CT molecular complexity index is 1310. The minimum absolute atomic E-state index is 0.0879. The second kappa shape index (κ2) is 9.95. The van der Waals surface area contributed by atoms with Gasteiger partial charge in [0.25, 0.3) is 0 Å². The van der Waals surface area contributed by atoms with E-state index < -0.39 is 10.0 Å². The number of carbonyl (C=O) groups is 1. The Morgan fingerprint density at radius 3 is 2.17 bits per heavy atom. The summed E-state index contributed by atoms with van der Waals surface area (Å²) in [7, 11) is -3.63. The number of piperidine rings is 1. The Labute approximate surface area is 208 Å². The molecule has 1 saturated heterocycles. The minimum atomic E-state index is -3.63. The number of amides is 1. The number of hydrogen-bond donors (Lipinski definition) is 1. The Morgan fingerprint density at radius 1 is 0.971 bits per heavy atom. The van der Waals surface area contributed by atoms with E-state index >= 15 is 0 Å². The predicted octanol–water partition coefficient (Wildman–Crippen LogP) is 4.51. The summed E-state index contributed by atoms with van der Waals surface area (Å²) in [5.41, 5.74) is 5.48. The van der Waals surface area contributed by atoms with Crippen LogP contribution in [0.3, 0.4) is 0 Å². The van der Waals surface area contributed by atoms with Crippen LogP contribution < -0.4 is 5.32 Å². The molecule has 1 N–H and O–H groups in total. The van der Waals surface area contributed by atoms with Crippen molar-refractivity contribution in [3.8, 4) is 0 Å². The first kappa shape index (κ1) is 25.1. The molecule has 0 atom stereocenters. The number of hydrogen-bond acceptors (Lipinski definition) is 4. The summed E-state index contributed by atoms with van der Waals surface area (Å²) in [5.74, 6) is 0.325. The van der Waals surface area contributed by atoms with Crippen LogP contribution in [0.25, 0.3) is 0 Å². The molecule has 3 aromatic rings. The third kappa shape index (κ3) is 5.18. The van der Waals surface area contributed by atoms with Crippen LogP contribution in [-0.4, -0.2) is 41.5 Å². The third-order valence-electron chi connectivity index (χ3n) is 7.05. The van der Waals surface area contributed by atoms with Gasteiger partial charge in [0, 0.05) is 25.1 Å². The van der Waals surface area contributed by atoms with Gasteiger partial charge < -0.3 is 5.32 Å². The molecule has 8 heteroatoms. The van der Waals surface area contributed by atoms with Crippen molar-refractivity contribution >= 4 is 21.7 Å². The van der Waals surface area contributed by atoms with E-state index in [9.17, 15) is 13.2 Å². The van der Waals surface area contributed by atoms with Gasteiger partial charge in [0.15, 0.2) is 0 Å². The van der Waals surface area contributed by atoms with E-state index in [1.165, 1.54) is 4.31 Å². The number of anilines is 1. The Morgan fingerprint density at radius 2 is 1.57 bits per heavy atom. The van der Waals surface area contributed by atoms with E-state index in [1.807, 2.05) is 77.1 Å². The van der Waals surface area contributed by atoms with Crippen LogP contribution >= 0.6 is 0 Å². The van der Waals surface area contributed by atoms with Crippen molar-refractivity contribution in [2.45, 2.75) is 58.9 Å². The van der Waals surface area contributed by atoms with E-state index in [2.05, 4.69) is 10.4 Å². The van der Waals surface area contributed by atoms with Crippen molar-refractivity contribution in [1.29, 1.82) is 0 Å². The summed E-state index contributed by atoms with van der Waals surface area (Å²) in [4.78, 5) is 13.5. The zero-order chi connectivity index (χ0) is 25.3. The summed E-state index contributed by atoms with van der Waals surface area (Å²) in [6.07, 6.45) is 0.972. The molecule has 0 unspecified atom stereocenters. The minimum Gasteiger partial charge on any atom is -0.311 e. The number of aryl methyl sites for hydroxylation is 3. The second-order valence-corrected chi connectivity index (χ2v) is 11.4. The maximum atomic E-state index is 13.5. The molecule has 0 spiro atoms. The summed E-state index contributed by atoms with van der Waals surface area (Å²) in [6.45, 7) is 10.8. The van der Waals surface area contributed by atoms with E-state index in [-0.39, 0.29) is 11.8 Å². The lowest BCUT2D eigenvalue weighted by Crippen LogP contribution is -2.42. The SMILES string of the molecule is Cc1cc(NC(=O)C2CCN(S(=O)(=O)c3c(C)c(C)cc(C)c3C)CC2)n(Cc2ccccc2)n1. The van der Waals surface area contributed by atoms with Gasteiger partial charge in [-0.3, -0.25) is 4.79 Å². The van der Waals surface area contributed by atoms with Crippen molar-refractivity contribution in [2.24, 2.45) is 5.92 Å². The van der Waals surface area contributed by atoms with Crippen LogP contribution in [0.1, 0.15) is 46.4 Å². The standard InChI is InChI=1S/C27H34N4O3S/c1-18-15-19(2)22(5)26(21(18)4)35(33,34)30-13-11-24(12-14-30)27(32)28-25-16-20(3)29-31(25)17-23-9-7-6-8-10-23/h6-10,15-16,24H,11-14,17H2,1-5H3,(H,28,32). The van der Waals surface area contributed by atoms with Crippen LogP contribution in [0.5, 0.6) is 0 Å². The summed E-state index contributed by atoms with van der Waals surface area (Å²) >= 11 is 0. The molecule has 0 bridgehead atoms. The fourth-order valence-electron chi connectivity index (χ4n) is 4.81. The molecule has 1 aromatic heterocycles. The molecular formula is C27H34N4O3S. The third-order valence-corrected chi connectivity index (χ3v) is 9.22. The van der Waals surface area contributed by atoms with Crippen LogP contribution in [0.15, 0.2) is 47.4 Å². The zero-order valence-corrected chi connectivity index (χ0v) is 21.9. The molecule has 35 heavy (non-hydrogen) atoms. The number of benzene rings is 2. The van der Waals surface area contributed by atoms with Gasteiger partial charge in [-0.1, -0.05) is 36.4 Å². The smallest absolute Gasteiger partial charge is 0.243 e. The van der Waals surface area contributed by atoms with Crippen molar-refractivity contribution in [3.63, 3.8) is 0 Å². The maximum absolute atomic E-state index is 13.5. The fraction of sp³-hybridized carbons (Fsp3) is 0.407. The van der Waals surface area contributed by atoms with Gasteiger partial charge in [0.2, 0.25) is 15.9 Å². The summed E-state index contributed by atoms with van der Waals surface area (Å²) in [6, 6.07) is 13.9. The topological polar surface area (TPSA) is 84.3 Å². The number of rotatable bonds is 6. The first-order valence-corrected chi connectivity index (χ1v) is 13.5.